The predicted octanol–water partition coefficient (Wildman–Crippen LogP) is 3.81. The summed E-state index contributed by atoms with van der Waals surface area (Å²) in [5.41, 5.74) is 0.415. The van der Waals surface area contributed by atoms with Gasteiger partial charge in [-0.15, -0.1) is 0 Å². The third-order valence-electron chi connectivity index (χ3n) is 4.35. The maximum Gasteiger partial charge on any atom is 0.296 e. The molecule has 1 N–H and O–H groups in total. The molecule has 1 atom stereocenters. The van der Waals surface area contributed by atoms with Crippen LogP contribution in [0.4, 0.5) is 5.95 Å². The molecule has 8 heteroatoms. The van der Waals surface area contributed by atoms with Crippen LogP contribution < -0.4 is 4.90 Å². The van der Waals surface area contributed by atoms with E-state index in [1.54, 1.807) is 43.3 Å². The number of halogens is 1. The lowest BCUT2D eigenvalue weighted by atomic mass is 9.95. The van der Waals surface area contributed by atoms with Gasteiger partial charge in [0.2, 0.25) is 11.7 Å². The van der Waals surface area contributed by atoms with Crippen LogP contribution in [0.15, 0.2) is 70.6 Å². The van der Waals surface area contributed by atoms with Gasteiger partial charge < -0.3 is 9.52 Å². The molecule has 0 aliphatic carbocycles. The van der Waals surface area contributed by atoms with E-state index in [0.29, 0.717) is 16.3 Å². The van der Waals surface area contributed by atoms with Crippen molar-refractivity contribution in [1.82, 2.24) is 9.97 Å². The first kappa shape index (κ1) is 17.9. The lowest BCUT2D eigenvalue weighted by molar-refractivity contribution is -0.117. The van der Waals surface area contributed by atoms with E-state index in [9.17, 15) is 14.7 Å². The molecule has 0 fully saturated rings. The Hall–Kier alpha value is -3.45. The number of furan rings is 1. The number of ketones is 1. The van der Waals surface area contributed by atoms with E-state index >= 15 is 0 Å². The summed E-state index contributed by atoms with van der Waals surface area (Å²) in [6, 6.07) is 10.5. The van der Waals surface area contributed by atoms with Crippen molar-refractivity contribution in [2.24, 2.45) is 0 Å². The predicted molar refractivity (Wildman–Crippen MR) is 101 cm³/mol. The van der Waals surface area contributed by atoms with Crippen molar-refractivity contribution < 1.29 is 19.1 Å². The summed E-state index contributed by atoms with van der Waals surface area (Å²) in [6.07, 6.45) is 2.94. The van der Waals surface area contributed by atoms with Gasteiger partial charge in [-0.1, -0.05) is 23.7 Å². The summed E-state index contributed by atoms with van der Waals surface area (Å²) in [5.74, 6) is -1.42. The number of benzene rings is 1. The Morgan fingerprint density at radius 3 is 2.57 bits per heavy atom. The molecule has 1 aliphatic rings. The highest BCUT2D eigenvalue weighted by atomic mass is 35.5. The van der Waals surface area contributed by atoms with Gasteiger partial charge in [0.25, 0.3) is 5.91 Å². The van der Waals surface area contributed by atoms with Gasteiger partial charge in [0.1, 0.15) is 5.76 Å². The minimum Gasteiger partial charge on any atom is -0.503 e. The molecule has 0 spiro atoms. The number of aromatic nitrogens is 2. The van der Waals surface area contributed by atoms with Gasteiger partial charge >= 0.3 is 0 Å². The molecule has 2 aromatic heterocycles. The smallest absolute Gasteiger partial charge is 0.296 e. The fourth-order valence-corrected chi connectivity index (χ4v) is 3.34. The third kappa shape index (κ3) is 2.95. The second-order valence-electron chi connectivity index (χ2n) is 6.18. The number of hydrogen-bond donors (Lipinski definition) is 1. The summed E-state index contributed by atoms with van der Waals surface area (Å²) >= 11 is 6.12. The number of amides is 1. The molecular weight excluding hydrogens is 382 g/mol. The Morgan fingerprint density at radius 1 is 1.18 bits per heavy atom. The zero-order valence-electron chi connectivity index (χ0n) is 14.7. The van der Waals surface area contributed by atoms with Crippen LogP contribution in [0.3, 0.4) is 0 Å². The van der Waals surface area contributed by atoms with Crippen LogP contribution in [0, 0.1) is 6.92 Å². The van der Waals surface area contributed by atoms with Crippen molar-refractivity contribution >= 4 is 29.2 Å². The highest BCUT2D eigenvalue weighted by Gasteiger charge is 2.46. The maximum absolute atomic E-state index is 13.1. The highest BCUT2D eigenvalue weighted by molar-refractivity contribution is 6.30. The first-order chi connectivity index (χ1) is 13.5. The lowest BCUT2D eigenvalue weighted by Crippen LogP contribution is -2.32. The topological polar surface area (TPSA) is 96.5 Å². The van der Waals surface area contributed by atoms with Crippen LogP contribution >= 0.6 is 11.6 Å². The molecule has 1 aliphatic heterocycles. The number of hydrogen-bond acceptors (Lipinski definition) is 6. The van der Waals surface area contributed by atoms with Gasteiger partial charge in [0.05, 0.1) is 11.6 Å². The number of aliphatic hydroxyl groups is 1. The summed E-state index contributed by atoms with van der Waals surface area (Å²) in [5, 5.41) is 11.0. The number of nitrogens with zero attached hydrogens (tertiary/aromatic N) is 3. The Balaban J connectivity index is 1.89. The van der Waals surface area contributed by atoms with E-state index < -0.39 is 23.5 Å². The van der Waals surface area contributed by atoms with Crippen LogP contribution in [0.1, 0.15) is 27.9 Å². The van der Waals surface area contributed by atoms with Gasteiger partial charge in [0.15, 0.2) is 11.5 Å². The minimum absolute atomic E-state index is 0.0229. The number of aryl methyl sites for hydroxylation is 1. The van der Waals surface area contributed by atoms with E-state index in [2.05, 4.69) is 9.97 Å². The van der Waals surface area contributed by atoms with Crippen LogP contribution in [-0.4, -0.2) is 26.8 Å². The molecule has 1 aromatic carbocycles. The Labute approximate surface area is 164 Å². The monoisotopic (exact) mass is 395 g/mol. The summed E-state index contributed by atoms with van der Waals surface area (Å²) in [7, 11) is 0. The first-order valence-electron chi connectivity index (χ1n) is 8.37. The number of rotatable bonds is 4. The lowest BCUT2D eigenvalue weighted by Gasteiger charge is -2.24. The molecule has 28 heavy (non-hydrogen) atoms. The summed E-state index contributed by atoms with van der Waals surface area (Å²) in [4.78, 5) is 35.3. The molecule has 0 saturated carbocycles. The number of aliphatic hydroxyl groups excluding tert-OH is 1. The van der Waals surface area contributed by atoms with Gasteiger partial charge in [-0.2, -0.15) is 0 Å². The van der Waals surface area contributed by atoms with Gasteiger partial charge in [-0.25, -0.2) is 9.97 Å². The summed E-state index contributed by atoms with van der Waals surface area (Å²) < 4.78 is 5.41. The van der Waals surface area contributed by atoms with Crippen LogP contribution in [-0.2, 0) is 4.79 Å². The van der Waals surface area contributed by atoms with Crippen LogP contribution in [0.2, 0.25) is 5.02 Å². The molecule has 3 aromatic rings. The van der Waals surface area contributed by atoms with Gasteiger partial charge in [0, 0.05) is 17.4 Å². The van der Waals surface area contributed by atoms with Crippen molar-refractivity contribution in [3.8, 4) is 0 Å². The fourth-order valence-electron chi connectivity index (χ4n) is 3.14. The van der Waals surface area contributed by atoms with E-state index in [4.69, 9.17) is 16.0 Å². The molecule has 140 valence electrons. The molecule has 0 radical (unpaired) electrons. The van der Waals surface area contributed by atoms with Gasteiger partial charge in [-0.3, -0.25) is 14.5 Å². The summed E-state index contributed by atoms with van der Waals surface area (Å²) in [6.45, 7) is 1.70. The molecule has 4 rings (SSSR count). The fraction of sp³-hybridized carbons (Fsp3) is 0.100. The van der Waals surface area contributed by atoms with Crippen molar-refractivity contribution in [3.63, 3.8) is 0 Å². The standard InChI is InChI=1S/C20H14ClN3O4/c1-11-6-7-14(28-11)17(25)15-16(12-4-2-5-13(21)10-12)24(19(27)18(15)26)20-22-8-3-9-23-20/h2-10,16,26H,1H3/t16-/m0/s1. The Morgan fingerprint density at radius 2 is 1.93 bits per heavy atom. The number of anilines is 1. The molecule has 0 saturated heterocycles. The average molecular weight is 396 g/mol. The van der Waals surface area contributed by atoms with E-state index in [0.717, 1.165) is 0 Å². The second-order valence-corrected chi connectivity index (χ2v) is 6.62. The molecule has 0 bridgehead atoms. The maximum atomic E-state index is 13.1. The molecule has 3 heterocycles. The zero-order valence-corrected chi connectivity index (χ0v) is 15.4. The quantitative estimate of drug-likeness (QED) is 0.674. The average Bonchev–Trinajstić information content (AvgIpc) is 3.24. The Kier molecular flexibility index (Phi) is 4.44. The van der Waals surface area contributed by atoms with Crippen molar-refractivity contribution in [2.45, 2.75) is 13.0 Å². The zero-order chi connectivity index (χ0) is 19.8. The highest BCUT2D eigenvalue weighted by Crippen LogP contribution is 2.41. The number of carbonyl (C=O) groups excluding carboxylic acids is 2. The number of carbonyl (C=O) groups is 2. The van der Waals surface area contributed by atoms with E-state index in [1.165, 1.54) is 23.4 Å². The SMILES string of the molecule is Cc1ccc(C(=O)C2=C(O)C(=O)N(c3ncccn3)[C@H]2c2cccc(Cl)c2)o1. The normalized spacial score (nSPS) is 16.7. The minimum atomic E-state index is -0.952. The van der Waals surface area contributed by atoms with Crippen molar-refractivity contribution in [2.75, 3.05) is 4.90 Å². The van der Waals surface area contributed by atoms with Crippen molar-refractivity contribution in [3.05, 3.63) is 88.3 Å². The molecule has 7 nitrogen and oxygen atoms in total. The van der Waals surface area contributed by atoms with Crippen molar-refractivity contribution in [1.29, 1.82) is 0 Å². The van der Waals surface area contributed by atoms with E-state index in [-0.39, 0.29) is 17.3 Å². The largest absolute Gasteiger partial charge is 0.503 e. The molecular formula is C20H14ClN3O4. The van der Waals surface area contributed by atoms with Crippen LogP contribution in [0.25, 0.3) is 0 Å². The first-order valence-corrected chi connectivity index (χ1v) is 8.75. The number of Topliss-reactive ketones (excluding diaryl/α,β-unsaturated/α-hetero) is 1. The third-order valence-corrected chi connectivity index (χ3v) is 4.58. The van der Waals surface area contributed by atoms with Gasteiger partial charge in [-0.05, 0) is 42.8 Å². The molecule has 0 unspecified atom stereocenters. The Bertz CT molecular complexity index is 1110. The van der Waals surface area contributed by atoms with Crippen LogP contribution in [0.5, 0.6) is 0 Å². The molecule has 1 amide bonds. The van der Waals surface area contributed by atoms with E-state index in [1.807, 2.05) is 0 Å². The second kappa shape index (κ2) is 6.94.